The van der Waals surface area contributed by atoms with Gasteiger partial charge < -0.3 is 9.64 Å². The lowest BCUT2D eigenvalue weighted by molar-refractivity contribution is 0.387. The molecule has 6 heteroatoms. The molecule has 0 amide bonds. The lowest BCUT2D eigenvalue weighted by Gasteiger charge is -2.28. The first-order valence-corrected chi connectivity index (χ1v) is 5.71. The number of hydrogen-bond acceptors (Lipinski definition) is 4. The number of amidine groups is 2. The van der Waals surface area contributed by atoms with Gasteiger partial charge in [0.2, 0.25) is 10.6 Å². The van der Waals surface area contributed by atoms with Gasteiger partial charge in [0.15, 0.2) is 6.17 Å². The fourth-order valence-corrected chi connectivity index (χ4v) is 1.93. The van der Waals surface area contributed by atoms with E-state index >= 15 is 0 Å². The van der Waals surface area contributed by atoms with E-state index in [4.69, 9.17) is 27.9 Å². The minimum atomic E-state index is -0.251. The zero-order valence-electron chi connectivity index (χ0n) is 9.39. The molecule has 0 bridgehead atoms. The Kier molecular flexibility index (Phi) is 3.54. The zero-order chi connectivity index (χ0) is 12.4. The van der Waals surface area contributed by atoms with E-state index in [-0.39, 0.29) is 11.5 Å². The first-order chi connectivity index (χ1) is 8.11. The third kappa shape index (κ3) is 2.53. The number of benzene rings is 1. The standard InChI is InChI=1S/C11H11Cl2N3O/c1-16-9(14-10(12)15-11(16)13)7-3-5-8(17-2)6-4-7/h3-6,9H,1-2H3. The van der Waals surface area contributed by atoms with Crippen molar-refractivity contribution >= 4 is 33.8 Å². The van der Waals surface area contributed by atoms with Crippen LogP contribution in [0.3, 0.4) is 0 Å². The monoisotopic (exact) mass is 271 g/mol. The van der Waals surface area contributed by atoms with Gasteiger partial charge in [-0.15, -0.1) is 0 Å². The second-order valence-corrected chi connectivity index (χ2v) is 4.21. The molecule has 0 saturated carbocycles. The summed E-state index contributed by atoms with van der Waals surface area (Å²) in [5, 5.41) is 0.486. The van der Waals surface area contributed by atoms with Gasteiger partial charge in [-0.1, -0.05) is 12.1 Å². The zero-order valence-corrected chi connectivity index (χ0v) is 10.9. The summed E-state index contributed by atoms with van der Waals surface area (Å²) in [5.74, 6) is 0.794. The average molecular weight is 272 g/mol. The predicted molar refractivity (Wildman–Crippen MR) is 70.1 cm³/mol. The number of methoxy groups -OCH3 is 1. The first kappa shape index (κ1) is 12.2. The van der Waals surface area contributed by atoms with Crippen LogP contribution in [-0.4, -0.2) is 29.6 Å². The Bertz CT molecular complexity index is 470. The summed E-state index contributed by atoms with van der Waals surface area (Å²) < 4.78 is 5.10. The second kappa shape index (κ2) is 4.94. The Morgan fingerprint density at radius 2 is 1.88 bits per heavy atom. The minimum Gasteiger partial charge on any atom is -0.497 e. The van der Waals surface area contributed by atoms with E-state index in [1.54, 1.807) is 12.0 Å². The highest BCUT2D eigenvalue weighted by Crippen LogP contribution is 2.27. The van der Waals surface area contributed by atoms with Crippen molar-refractivity contribution in [3.8, 4) is 5.75 Å². The number of aliphatic imine (C=N–C) groups is 2. The maximum Gasteiger partial charge on any atom is 0.222 e. The van der Waals surface area contributed by atoms with Gasteiger partial charge in [-0.2, -0.15) is 4.99 Å². The van der Waals surface area contributed by atoms with E-state index in [2.05, 4.69) is 9.98 Å². The fraction of sp³-hybridized carbons (Fsp3) is 0.273. The van der Waals surface area contributed by atoms with E-state index in [0.717, 1.165) is 11.3 Å². The van der Waals surface area contributed by atoms with Crippen LogP contribution in [0.5, 0.6) is 5.75 Å². The highest BCUT2D eigenvalue weighted by Gasteiger charge is 2.23. The maximum absolute atomic E-state index is 5.95. The second-order valence-electron chi connectivity index (χ2n) is 3.54. The lowest BCUT2D eigenvalue weighted by Crippen LogP contribution is -2.30. The van der Waals surface area contributed by atoms with Crippen molar-refractivity contribution < 1.29 is 4.74 Å². The Morgan fingerprint density at radius 3 is 2.47 bits per heavy atom. The van der Waals surface area contributed by atoms with Crippen molar-refractivity contribution in [2.75, 3.05) is 14.2 Å². The van der Waals surface area contributed by atoms with Crippen LogP contribution in [0.1, 0.15) is 11.7 Å². The van der Waals surface area contributed by atoms with Crippen molar-refractivity contribution in [3.05, 3.63) is 29.8 Å². The van der Waals surface area contributed by atoms with Crippen molar-refractivity contribution in [3.63, 3.8) is 0 Å². The van der Waals surface area contributed by atoms with Gasteiger partial charge in [-0.05, 0) is 40.9 Å². The van der Waals surface area contributed by atoms with Crippen LogP contribution in [0.25, 0.3) is 0 Å². The van der Waals surface area contributed by atoms with Crippen molar-refractivity contribution in [2.45, 2.75) is 6.17 Å². The molecule has 0 spiro atoms. The molecule has 1 aliphatic heterocycles. The SMILES string of the molecule is COc1ccc(C2N=C(Cl)N=C(Cl)N2C)cc1. The van der Waals surface area contributed by atoms with Gasteiger partial charge in [0, 0.05) is 7.05 Å². The summed E-state index contributed by atoms with van der Waals surface area (Å²) in [5.41, 5.74) is 0.972. The Balaban J connectivity index is 2.30. The van der Waals surface area contributed by atoms with Crippen molar-refractivity contribution in [1.29, 1.82) is 0 Å². The quantitative estimate of drug-likeness (QED) is 0.776. The average Bonchev–Trinajstić information content (AvgIpc) is 2.34. The maximum atomic E-state index is 5.95. The summed E-state index contributed by atoms with van der Waals surface area (Å²) in [7, 11) is 3.44. The van der Waals surface area contributed by atoms with E-state index in [0.29, 0.717) is 5.29 Å². The minimum absolute atomic E-state index is 0.161. The highest BCUT2D eigenvalue weighted by molar-refractivity contribution is 6.71. The van der Waals surface area contributed by atoms with Gasteiger partial charge in [-0.3, -0.25) is 0 Å². The summed E-state index contributed by atoms with van der Waals surface area (Å²) in [6, 6.07) is 7.57. The molecule has 0 N–H and O–H groups in total. The third-order valence-corrected chi connectivity index (χ3v) is 3.02. The predicted octanol–water partition coefficient (Wildman–Crippen LogP) is 2.83. The molecule has 1 aliphatic rings. The molecular formula is C11H11Cl2N3O. The molecule has 1 heterocycles. The van der Waals surface area contributed by atoms with Gasteiger partial charge in [0.05, 0.1) is 7.11 Å². The molecule has 1 aromatic carbocycles. The topological polar surface area (TPSA) is 37.2 Å². The Labute approximate surface area is 110 Å². The third-order valence-electron chi connectivity index (χ3n) is 2.49. The largest absolute Gasteiger partial charge is 0.497 e. The smallest absolute Gasteiger partial charge is 0.222 e. The number of hydrogen-bond donors (Lipinski definition) is 0. The van der Waals surface area contributed by atoms with Crippen LogP contribution < -0.4 is 4.74 Å². The Morgan fingerprint density at radius 1 is 1.24 bits per heavy atom. The van der Waals surface area contributed by atoms with Crippen LogP contribution in [0.2, 0.25) is 0 Å². The van der Waals surface area contributed by atoms with Gasteiger partial charge in [-0.25, -0.2) is 4.99 Å². The van der Waals surface area contributed by atoms with Crippen LogP contribution in [-0.2, 0) is 0 Å². The van der Waals surface area contributed by atoms with Gasteiger partial charge >= 0.3 is 0 Å². The molecule has 0 aliphatic carbocycles. The van der Waals surface area contributed by atoms with Crippen LogP contribution in [0.4, 0.5) is 0 Å². The number of rotatable bonds is 2. The fourth-order valence-electron chi connectivity index (χ4n) is 1.55. The van der Waals surface area contributed by atoms with E-state index < -0.39 is 0 Å². The van der Waals surface area contributed by atoms with Crippen LogP contribution in [0, 0.1) is 0 Å². The van der Waals surface area contributed by atoms with Crippen molar-refractivity contribution in [2.24, 2.45) is 9.98 Å². The molecule has 1 aromatic rings. The van der Waals surface area contributed by atoms with Gasteiger partial charge in [0.1, 0.15) is 5.75 Å². The van der Waals surface area contributed by atoms with E-state index in [1.165, 1.54) is 0 Å². The number of halogens is 2. The molecule has 90 valence electrons. The number of ether oxygens (including phenoxy) is 1. The molecule has 2 rings (SSSR count). The summed E-state index contributed by atoms with van der Waals surface area (Å²) in [6.45, 7) is 0. The number of nitrogens with zero attached hydrogens (tertiary/aromatic N) is 3. The van der Waals surface area contributed by atoms with Crippen LogP contribution >= 0.6 is 23.2 Å². The van der Waals surface area contributed by atoms with E-state index in [1.807, 2.05) is 31.3 Å². The lowest BCUT2D eigenvalue weighted by atomic mass is 10.1. The summed E-state index contributed by atoms with van der Waals surface area (Å²) >= 11 is 11.8. The Hall–Kier alpha value is -1.26. The summed E-state index contributed by atoms with van der Waals surface area (Å²) in [4.78, 5) is 9.85. The van der Waals surface area contributed by atoms with Crippen molar-refractivity contribution in [1.82, 2.24) is 4.90 Å². The molecule has 17 heavy (non-hydrogen) atoms. The first-order valence-electron chi connectivity index (χ1n) is 4.96. The highest BCUT2D eigenvalue weighted by atomic mass is 35.5. The molecule has 0 fully saturated rings. The molecule has 0 saturated heterocycles. The molecule has 4 nitrogen and oxygen atoms in total. The summed E-state index contributed by atoms with van der Waals surface area (Å²) in [6.07, 6.45) is -0.251. The molecule has 1 atom stereocenters. The molecule has 0 radical (unpaired) electrons. The van der Waals surface area contributed by atoms with Crippen LogP contribution in [0.15, 0.2) is 34.3 Å². The van der Waals surface area contributed by atoms with E-state index in [9.17, 15) is 0 Å². The van der Waals surface area contributed by atoms with Gasteiger partial charge in [0.25, 0.3) is 0 Å². The molecular weight excluding hydrogens is 261 g/mol. The molecule has 1 unspecified atom stereocenters. The normalized spacial score (nSPS) is 19.8. The molecule has 0 aromatic heterocycles.